The molecule has 2 atom stereocenters. The van der Waals surface area contributed by atoms with Crippen molar-refractivity contribution in [2.75, 3.05) is 26.2 Å². The highest BCUT2D eigenvalue weighted by Crippen LogP contribution is 2.18. The van der Waals surface area contributed by atoms with Gasteiger partial charge in [-0.1, -0.05) is 41.0 Å². The minimum absolute atomic E-state index is 0.421. The summed E-state index contributed by atoms with van der Waals surface area (Å²) in [6, 6.07) is 0.690. The zero-order valence-corrected chi connectivity index (χ0v) is 11.8. The van der Waals surface area contributed by atoms with E-state index in [1.54, 1.807) is 0 Å². The van der Waals surface area contributed by atoms with E-state index >= 15 is 0 Å². The number of rotatable bonds is 3. The summed E-state index contributed by atoms with van der Waals surface area (Å²) < 4.78 is 0. The number of nitrogens with one attached hydrogen (secondary N) is 1. The molecule has 0 aromatic rings. The van der Waals surface area contributed by atoms with Crippen molar-refractivity contribution in [2.24, 2.45) is 11.3 Å². The van der Waals surface area contributed by atoms with Gasteiger partial charge in [-0.15, -0.1) is 0 Å². The molecule has 1 saturated heterocycles. The topological polar surface area (TPSA) is 15.3 Å². The third kappa shape index (κ3) is 4.84. The molecular weight excluding hydrogens is 196 g/mol. The Labute approximate surface area is 102 Å². The summed E-state index contributed by atoms with van der Waals surface area (Å²) >= 11 is 0. The fourth-order valence-corrected chi connectivity index (χ4v) is 2.50. The van der Waals surface area contributed by atoms with Gasteiger partial charge in [0.1, 0.15) is 0 Å². The third-order valence-electron chi connectivity index (χ3n) is 3.54. The van der Waals surface area contributed by atoms with E-state index in [2.05, 4.69) is 44.8 Å². The van der Waals surface area contributed by atoms with E-state index in [0.717, 1.165) is 5.92 Å². The minimum Gasteiger partial charge on any atom is -0.312 e. The molecule has 0 aliphatic carbocycles. The van der Waals surface area contributed by atoms with Crippen LogP contribution in [0, 0.1) is 11.3 Å². The predicted octanol–water partition coefficient (Wildman–Crippen LogP) is 2.74. The summed E-state index contributed by atoms with van der Waals surface area (Å²) in [4.78, 5) is 2.65. The minimum atomic E-state index is 0.421. The van der Waals surface area contributed by atoms with Crippen molar-refractivity contribution in [1.29, 1.82) is 0 Å². The van der Waals surface area contributed by atoms with E-state index in [4.69, 9.17) is 0 Å². The number of hydrogen-bond donors (Lipinski definition) is 1. The summed E-state index contributed by atoms with van der Waals surface area (Å²) in [7, 11) is 0. The van der Waals surface area contributed by atoms with Crippen LogP contribution in [0.15, 0.2) is 0 Å². The molecule has 2 heteroatoms. The highest BCUT2D eigenvalue weighted by molar-refractivity contribution is 4.82. The Morgan fingerprint density at radius 3 is 2.62 bits per heavy atom. The quantitative estimate of drug-likeness (QED) is 0.796. The van der Waals surface area contributed by atoms with Crippen LogP contribution in [-0.4, -0.2) is 37.1 Å². The Morgan fingerprint density at radius 2 is 2.06 bits per heavy atom. The monoisotopic (exact) mass is 226 g/mol. The van der Waals surface area contributed by atoms with Gasteiger partial charge in [0.25, 0.3) is 0 Å². The van der Waals surface area contributed by atoms with Gasteiger partial charge in [0.15, 0.2) is 0 Å². The van der Waals surface area contributed by atoms with Crippen LogP contribution in [0.4, 0.5) is 0 Å². The maximum Gasteiger partial charge on any atom is 0.0220 e. The highest BCUT2D eigenvalue weighted by atomic mass is 15.2. The normalized spacial score (nSPS) is 26.4. The van der Waals surface area contributed by atoms with Gasteiger partial charge in [-0.3, -0.25) is 0 Å². The second-order valence-corrected chi connectivity index (χ2v) is 6.60. The number of nitrogens with zero attached hydrogens (tertiary/aromatic N) is 1. The van der Waals surface area contributed by atoms with Crippen molar-refractivity contribution in [3.8, 4) is 0 Å². The summed E-state index contributed by atoms with van der Waals surface area (Å²) in [5.41, 5.74) is 0.421. The van der Waals surface area contributed by atoms with Crippen LogP contribution in [0.3, 0.4) is 0 Å². The molecule has 0 spiro atoms. The Balaban J connectivity index is 2.52. The SMILES string of the molecule is CCC(C)C1CN(CC(C)(C)C)CCCN1. The van der Waals surface area contributed by atoms with Crippen LogP contribution in [-0.2, 0) is 0 Å². The van der Waals surface area contributed by atoms with Crippen molar-refractivity contribution in [2.45, 2.75) is 53.5 Å². The lowest BCUT2D eigenvalue weighted by molar-refractivity contribution is 0.175. The van der Waals surface area contributed by atoms with Gasteiger partial charge in [0.05, 0.1) is 0 Å². The van der Waals surface area contributed by atoms with E-state index in [1.807, 2.05) is 0 Å². The summed E-state index contributed by atoms with van der Waals surface area (Å²) in [6.45, 7) is 16.6. The van der Waals surface area contributed by atoms with Crippen LogP contribution >= 0.6 is 0 Å². The van der Waals surface area contributed by atoms with Gasteiger partial charge < -0.3 is 10.2 Å². The molecule has 0 amide bonds. The van der Waals surface area contributed by atoms with E-state index in [1.165, 1.54) is 39.0 Å². The maximum absolute atomic E-state index is 3.71. The van der Waals surface area contributed by atoms with Crippen LogP contribution in [0.5, 0.6) is 0 Å². The average Bonchev–Trinajstić information content (AvgIpc) is 2.39. The zero-order chi connectivity index (χ0) is 12.2. The molecule has 1 aliphatic rings. The Kier molecular flexibility index (Phi) is 5.26. The predicted molar refractivity (Wildman–Crippen MR) is 71.8 cm³/mol. The van der Waals surface area contributed by atoms with Gasteiger partial charge in [-0.05, 0) is 30.8 Å². The molecule has 2 unspecified atom stereocenters. The summed E-state index contributed by atoms with van der Waals surface area (Å²) in [5, 5.41) is 3.71. The first-order chi connectivity index (χ1) is 7.42. The first-order valence-corrected chi connectivity index (χ1v) is 6.88. The average molecular weight is 226 g/mol. The Hall–Kier alpha value is -0.0800. The van der Waals surface area contributed by atoms with Crippen molar-refractivity contribution in [3.63, 3.8) is 0 Å². The van der Waals surface area contributed by atoms with Crippen LogP contribution < -0.4 is 5.32 Å². The Morgan fingerprint density at radius 1 is 1.38 bits per heavy atom. The molecule has 0 radical (unpaired) electrons. The molecule has 0 bridgehead atoms. The molecule has 1 N–H and O–H groups in total. The Bertz CT molecular complexity index is 195. The summed E-state index contributed by atoms with van der Waals surface area (Å²) in [6.07, 6.45) is 2.57. The van der Waals surface area contributed by atoms with Gasteiger partial charge in [-0.25, -0.2) is 0 Å². The van der Waals surface area contributed by atoms with Crippen molar-refractivity contribution < 1.29 is 0 Å². The van der Waals surface area contributed by atoms with E-state index in [0.29, 0.717) is 11.5 Å². The molecule has 1 rings (SSSR count). The second kappa shape index (κ2) is 6.02. The third-order valence-corrected chi connectivity index (χ3v) is 3.54. The van der Waals surface area contributed by atoms with E-state index in [-0.39, 0.29) is 0 Å². The molecule has 96 valence electrons. The first-order valence-electron chi connectivity index (χ1n) is 6.88. The molecule has 1 aliphatic heterocycles. The molecule has 16 heavy (non-hydrogen) atoms. The van der Waals surface area contributed by atoms with Gasteiger partial charge >= 0.3 is 0 Å². The lowest BCUT2D eigenvalue weighted by atomic mass is 9.94. The maximum atomic E-state index is 3.71. The fourth-order valence-electron chi connectivity index (χ4n) is 2.50. The molecule has 0 aromatic carbocycles. The van der Waals surface area contributed by atoms with Crippen molar-refractivity contribution >= 4 is 0 Å². The van der Waals surface area contributed by atoms with Gasteiger partial charge in [-0.2, -0.15) is 0 Å². The van der Waals surface area contributed by atoms with Crippen LogP contribution in [0.1, 0.15) is 47.5 Å². The van der Waals surface area contributed by atoms with Crippen molar-refractivity contribution in [3.05, 3.63) is 0 Å². The molecular formula is C14H30N2. The molecule has 1 fully saturated rings. The lowest BCUT2D eigenvalue weighted by Gasteiger charge is -2.32. The largest absolute Gasteiger partial charge is 0.312 e. The van der Waals surface area contributed by atoms with E-state index in [9.17, 15) is 0 Å². The molecule has 2 nitrogen and oxygen atoms in total. The standard InChI is InChI=1S/C14H30N2/c1-6-12(2)13-10-16(9-7-8-15-13)11-14(3,4)5/h12-13,15H,6-11H2,1-5H3. The smallest absolute Gasteiger partial charge is 0.0220 e. The zero-order valence-electron chi connectivity index (χ0n) is 11.8. The summed E-state index contributed by atoms with van der Waals surface area (Å²) in [5.74, 6) is 0.792. The molecule has 0 saturated carbocycles. The van der Waals surface area contributed by atoms with E-state index < -0.39 is 0 Å². The van der Waals surface area contributed by atoms with Crippen molar-refractivity contribution in [1.82, 2.24) is 10.2 Å². The first kappa shape index (κ1) is 14.0. The van der Waals surface area contributed by atoms with Gasteiger partial charge in [0, 0.05) is 19.1 Å². The molecule has 0 aromatic heterocycles. The van der Waals surface area contributed by atoms with Gasteiger partial charge in [0.2, 0.25) is 0 Å². The van der Waals surface area contributed by atoms with Crippen LogP contribution in [0.2, 0.25) is 0 Å². The van der Waals surface area contributed by atoms with Crippen LogP contribution in [0.25, 0.3) is 0 Å². The number of hydrogen-bond acceptors (Lipinski definition) is 2. The highest BCUT2D eigenvalue weighted by Gasteiger charge is 2.24. The lowest BCUT2D eigenvalue weighted by Crippen LogP contribution is -2.44. The fraction of sp³-hybridized carbons (Fsp3) is 1.00. The molecule has 1 heterocycles. The second-order valence-electron chi connectivity index (χ2n) is 6.60.